The van der Waals surface area contributed by atoms with E-state index < -0.39 is 15.9 Å². The van der Waals surface area contributed by atoms with Gasteiger partial charge in [-0.1, -0.05) is 42.0 Å². The van der Waals surface area contributed by atoms with Gasteiger partial charge < -0.3 is 14.8 Å². The normalized spacial score (nSPS) is 15.0. The van der Waals surface area contributed by atoms with Crippen molar-refractivity contribution >= 4 is 21.6 Å². The number of sulfonamides is 1. The molecule has 1 atom stereocenters. The lowest BCUT2D eigenvalue weighted by molar-refractivity contribution is -0.120. The number of nitrogens with one attached hydrogen (secondary N) is 1. The van der Waals surface area contributed by atoms with Crippen LogP contribution in [0.25, 0.3) is 0 Å². The summed E-state index contributed by atoms with van der Waals surface area (Å²) in [5, 5.41) is 2.78. The Hall–Kier alpha value is -3.52. The lowest BCUT2D eigenvalue weighted by Crippen LogP contribution is -2.45. The van der Waals surface area contributed by atoms with Crippen LogP contribution in [0.1, 0.15) is 11.1 Å². The first-order valence-electron chi connectivity index (χ1n) is 10.6. The van der Waals surface area contributed by atoms with Gasteiger partial charge in [-0.3, -0.25) is 9.10 Å². The Labute approximate surface area is 194 Å². The molecule has 0 bridgehead atoms. The molecule has 0 aliphatic carbocycles. The number of anilines is 1. The summed E-state index contributed by atoms with van der Waals surface area (Å²) in [6.45, 7) is 3.89. The highest BCUT2D eigenvalue weighted by Crippen LogP contribution is 2.30. The van der Waals surface area contributed by atoms with Crippen LogP contribution in [0.3, 0.4) is 0 Å². The molecule has 0 spiro atoms. The number of amides is 1. The second-order valence-electron chi connectivity index (χ2n) is 7.97. The van der Waals surface area contributed by atoms with Gasteiger partial charge in [0, 0.05) is 0 Å². The number of hydrogen-bond acceptors (Lipinski definition) is 5. The largest absolute Gasteiger partial charge is 0.486 e. The molecule has 4 rings (SSSR count). The Morgan fingerprint density at radius 3 is 2.42 bits per heavy atom. The van der Waals surface area contributed by atoms with E-state index in [0.29, 0.717) is 23.8 Å². The summed E-state index contributed by atoms with van der Waals surface area (Å²) in [4.78, 5) is 12.9. The Morgan fingerprint density at radius 1 is 0.970 bits per heavy atom. The van der Waals surface area contributed by atoms with Gasteiger partial charge in [-0.25, -0.2) is 8.42 Å². The van der Waals surface area contributed by atoms with Crippen LogP contribution in [0.5, 0.6) is 11.5 Å². The van der Waals surface area contributed by atoms with Gasteiger partial charge in [-0.15, -0.1) is 0 Å². The van der Waals surface area contributed by atoms with Crippen molar-refractivity contribution in [3.05, 3.63) is 83.9 Å². The summed E-state index contributed by atoms with van der Waals surface area (Å²) in [6.07, 6.45) is -0.370. The summed E-state index contributed by atoms with van der Waals surface area (Å²) in [5.74, 6) is 0.843. The van der Waals surface area contributed by atoms with Crippen molar-refractivity contribution in [3.63, 3.8) is 0 Å². The molecule has 1 aliphatic heterocycles. The Kier molecular flexibility index (Phi) is 6.55. The Morgan fingerprint density at radius 2 is 1.70 bits per heavy atom. The maximum absolute atomic E-state index is 13.4. The minimum Gasteiger partial charge on any atom is -0.486 e. The minimum absolute atomic E-state index is 0.128. The number of ether oxygens (including phenoxy) is 2. The smallest absolute Gasteiger partial charge is 0.264 e. The third-order valence-electron chi connectivity index (χ3n) is 5.28. The van der Waals surface area contributed by atoms with E-state index in [4.69, 9.17) is 9.47 Å². The van der Waals surface area contributed by atoms with Gasteiger partial charge in [0.05, 0.1) is 17.1 Å². The quantitative estimate of drug-likeness (QED) is 0.577. The van der Waals surface area contributed by atoms with Crippen LogP contribution in [0.4, 0.5) is 5.69 Å². The molecule has 3 aromatic rings. The summed E-state index contributed by atoms with van der Waals surface area (Å²) in [6, 6.07) is 21.0. The number of rotatable bonds is 7. The van der Waals surface area contributed by atoms with Crippen LogP contribution < -0.4 is 19.1 Å². The highest BCUT2D eigenvalue weighted by Gasteiger charge is 2.28. The number of benzene rings is 3. The zero-order chi connectivity index (χ0) is 23.4. The van der Waals surface area contributed by atoms with E-state index in [2.05, 4.69) is 5.32 Å². The molecule has 3 aromatic carbocycles. The SMILES string of the molecule is Cc1ccc(S(=O)(=O)N(CC(=O)NC[C@@H]2COc3ccccc3O2)c2cccc(C)c2)cc1. The monoisotopic (exact) mass is 466 g/mol. The molecule has 0 radical (unpaired) electrons. The summed E-state index contributed by atoms with van der Waals surface area (Å²) < 4.78 is 39.5. The van der Waals surface area contributed by atoms with Crippen molar-refractivity contribution in [2.45, 2.75) is 24.8 Å². The minimum atomic E-state index is -3.95. The lowest BCUT2D eigenvalue weighted by Gasteiger charge is -2.27. The Balaban J connectivity index is 1.49. The molecule has 33 heavy (non-hydrogen) atoms. The molecular formula is C25H26N2O5S. The predicted octanol–water partition coefficient (Wildman–Crippen LogP) is 3.45. The molecular weight excluding hydrogens is 440 g/mol. The third kappa shape index (κ3) is 5.28. The van der Waals surface area contributed by atoms with Crippen molar-refractivity contribution in [2.24, 2.45) is 0 Å². The molecule has 0 unspecified atom stereocenters. The van der Waals surface area contributed by atoms with Crippen LogP contribution in [-0.4, -0.2) is 40.1 Å². The van der Waals surface area contributed by atoms with E-state index in [1.54, 1.807) is 48.5 Å². The third-order valence-corrected chi connectivity index (χ3v) is 7.07. The second-order valence-corrected chi connectivity index (χ2v) is 9.83. The fourth-order valence-electron chi connectivity index (χ4n) is 3.51. The molecule has 1 N–H and O–H groups in total. The number of aryl methyl sites for hydroxylation is 2. The van der Waals surface area contributed by atoms with Crippen molar-refractivity contribution in [3.8, 4) is 11.5 Å². The molecule has 0 aromatic heterocycles. The molecule has 8 heteroatoms. The molecule has 0 fully saturated rings. The number of para-hydroxylation sites is 2. The number of carbonyl (C=O) groups is 1. The van der Waals surface area contributed by atoms with Gasteiger partial charge in [-0.2, -0.15) is 0 Å². The maximum Gasteiger partial charge on any atom is 0.264 e. The van der Waals surface area contributed by atoms with Gasteiger partial charge in [0.25, 0.3) is 10.0 Å². The molecule has 0 saturated carbocycles. The van der Waals surface area contributed by atoms with Gasteiger partial charge in [0.2, 0.25) is 5.91 Å². The van der Waals surface area contributed by atoms with E-state index in [9.17, 15) is 13.2 Å². The highest BCUT2D eigenvalue weighted by molar-refractivity contribution is 7.92. The lowest BCUT2D eigenvalue weighted by atomic mass is 10.2. The molecule has 1 amide bonds. The summed E-state index contributed by atoms with van der Waals surface area (Å²) in [5.41, 5.74) is 2.27. The fraction of sp³-hybridized carbons (Fsp3) is 0.240. The molecule has 0 saturated heterocycles. The first kappa shape index (κ1) is 22.7. The van der Waals surface area contributed by atoms with Crippen LogP contribution in [0.15, 0.2) is 77.7 Å². The predicted molar refractivity (Wildman–Crippen MR) is 126 cm³/mol. The van der Waals surface area contributed by atoms with Crippen LogP contribution in [0.2, 0.25) is 0 Å². The number of nitrogens with zero attached hydrogens (tertiary/aromatic N) is 1. The van der Waals surface area contributed by atoms with Gasteiger partial charge in [-0.05, 0) is 55.8 Å². The van der Waals surface area contributed by atoms with E-state index in [1.165, 1.54) is 0 Å². The summed E-state index contributed by atoms with van der Waals surface area (Å²) in [7, 11) is -3.95. The van der Waals surface area contributed by atoms with E-state index in [-0.39, 0.29) is 24.1 Å². The van der Waals surface area contributed by atoms with Crippen LogP contribution >= 0.6 is 0 Å². The van der Waals surface area contributed by atoms with Crippen molar-refractivity contribution in [2.75, 3.05) is 24.0 Å². The fourth-order valence-corrected chi connectivity index (χ4v) is 4.93. The van der Waals surface area contributed by atoms with Crippen molar-refractivity contribution in [1.29, 1.82) is 0 Å². The van der Waals surface area contributed by atoms with Crippen LogP contribution in [0, 0.1) is 13.8 Å². The maximum atomic E-state index is 13.4. The number of hydrogen-bond donors (Lipinski definition) is 1. The van der Waals surface area contributed by atoms with E-state index >= 15 is 0 Å². The molecule has 172 valence electrons. The molecule has 7 nitrogen and oxygen atoms in total. The topological polar surface area (TPSA) is 84.9 Å². The average Bonchev–Trinajstić information content (AvgIpc) is 2.81. The number of fused-ring (bicyclic) bond motifs is 1. The van der Waals surface area contributed by atoms with Gasteiger partial charge >= 0.3 is 0 Å². The Bertz CT molecular complexity index is 1240. The average molecular weight is 467 g/mol. The van der Waals surface area contributed by atoms with Gasteiger partial charge in [0.15, 0.2) is 11.5 Å². The van der Waals surface area contributed by atoms with Crippen molar-refractivity contribution < 1.29 is 22.7 Å². The van der Waals surface area contributed by atoms with E-state index in [0.717, 1.165) is 15.4 Å². The standard InChI is InChI=1S/C25H26N2O5S/c1-18-10-12-22(13-11-18)33(29,30)27(20-7-5-6-19(2)14-20)16-25(28)26-15-21-17-31-23-8-3-4-9-24(23)32-21/h3-14,21H,15-17H2,1-2H3,(H,26,28)/t21-/m1/s1. The zero-order valence-electron chi connectivity index (χ0n) is 18.5. The second kappa shape index (κ2) is 9.54. The van der Waals surface area contributed by atoms with E-state index in [1.807, 2.05) is 38.1 Å². The van der Waals surface area contributed by atoms with Crippen molar-refractivity contribution in [1.82, 2.24) is 5.32 Å². The zero-order valence-corrected chi connectivity index (χ0v) is 19.3. The first-order chi connectivity index (χ1) is 15.8. The number of carbonyl (C=O) groups excluding carboxylic acids is 1. The summed E-state index contributed by atoms with van der Waals surface area (Å²) >= 11 is 0. The van der Waals surface area contributed by atoms with Gasteiger partial charge in [0.1, 0.15) is 19.3 Å². The van der Waals surface area contributed by atoms with Crippen LogP contribution in [-0.2, 0) is 14.8 Å². The molecule has 1 aliphatic rings. The first-order valence-corrected chi connectivity index (χ1v) is 12.1. The highest BCUT2D eigenvalue weighted by atomic mass is 32.2. The molecule has 1 heterocycles.